The van der Waals surface area contributed by atoms with Crippen LogP contribution in [-0.4, -0.2) is 38.5 Å². The van der Waals surface area contributed by atoms with E-state index in [0.29, 0.717) is 25.6 Å². The van der Waals surface area contributed by atoms with Crippen molar-refractivity contribution in [2.75, 3.05) is 26.7 Å². The molecule has 5 nitrogen and oxygen atoms in total. The third-order valence-electron chi connectivity index (χ3n) is 4.75. The zero-order valence-electron chi connectivity index (χ0n) is 17.7. The number of halogens is 1. The predicted octanol–water partition coefficient (Wildman–Crippen LogP) is 3.76. The van der Waals surface area contributed by atoms with Crippen molar-refractivity contribution in [2.45, 2.75) is 26.7 Å². The van der Waals surface area contributed by atoms with Gasteiger partial charge in [0.25, 0.3) is 0 Å². The van der Waals surface area contributed by atoms with Crippen molar-refractivity contribution in [2.24, 2.45) is 10.4 Å². The number of carbonyl (C=O) groups excluding carboxylic acids is 1. The predicted molar refractivity (Wildman–Crippen MR) is 132 cm³/mol. The van der Waals surface area contributed by atoms with E-state index in [1.54, 1.807) is 7.05 Å². The Hall–Kier alpha value is -2.09. The van der Waals surface area contributed by atoms with E-state index >= 15 is 0 Å². The van der Waals surface area contributed by atoms with Gasteiger partial charge in [-0.15, -0.1) is 24.0 Å². The molecule has 0 aliphatic heterocycles. The third kappa shape index (κ3) is 7.68. The van der Waals surface area contributed by atoms with Crippen LogP contribution in [0.2, 0.25) is 0 Å². The van der Waals surface area contributed by atoms with Gasteiger partial charge in [0.2, 0.25) is 5.91 Å². The number of guanidine groups is 1. The Balaban J connectivity index is 0.00000420. The van der Waals surface area contributed by atoms with E-state index in [2.05, 4.69) is 69.5 Å². The second-order valence-electron chi connectivity index (χ2n) is 7.42. The Bertz CT molecular complexity index is 723. The molecule has 0 aromatic heterocycles. The van der Waals surface area contributed by atoms with Crippen LogP contribution in [0.15, 0.2) is 65.7 Å². The van der Waals surface area contributed by atoms with Gasteiger partial charge in [-0.25, -0.2) is 0 Å². The Labute approximate surface area is 191 Å². The summed E-state index contributed by atoms with van der Waals surface area (Å²) in [7, 11) is 1.74. The first kappa shape index (κ1) is 24.9. The molecular weight excluding hydrogens is 475 g/mol. The maximum absolute atomic E-state index is 12.2. The average Bonchev–Trinajstić information content (AvgIpc) is 2.72. The topological polar surface area (TPSA) is 65.5 Å². The van der Waals surface area contributed by atoms with Crippen LogP contribution in [0, 0.1) is 5.41 Å². The van der Waals surface area contributed by atoms with Gasteiger partial charge in [-0.3, -0.25) is 9.79 Å². The van der Waals surface area contributed by atoms with Crippen molar-refractivity contribution in [3.05, 3.63) is 71.8 Å². The molecule has 29 heavy (non-hydrogen) atoms. The van der Waals surface area contributed by atoms with Gasteiger partial charge in [0.05, 0.1) is 5.41 Å². The number of hydrogen-bond acceptors (Lipinski definition) is 2. The number of aliphatic imine (C=N–C) groups is 1. The average molecular weight is 508 g/mol. The maximum Gasteiger partial charge on any atom is 0.227 e. The van der Waals surface area contributed by atoms with Gasteiger partial charge in [-0.05, 0) is 31.9 Å². The Morgan fingerprint density at radius 3 is 1.90 bits per heavy atom. The molecule has 0 saturated carbocycles. The standard InChI is InChI=1S/C23H32N4O.HI/c1-5-25-21(28)23(2,3)17-27-22(24-4)26-16-20(18-12-8-6-9-13-18)19-14-10-7-11-15-19;/h6-15,20H,5,16-17H2,1-4H3,(H,25,28)(H2,24,26,27);1H. The number of amides is 1. The molecule has 0 aliphatic carbocycles. The van der Waals surface area contributed by atoms with Gasteiger partial charge in [0.15, 0.2) is 5.96 Å². The first-order chi connectivity index (χ1) is 13.5. The molecule has 158 valence electrons. The number of nitrogens with zero attached hydrogens (tertiary/aromatic N) is 1. The molecule has 3 N–H and O–H groups in total. The lowest BCUT2D eigenvalue weighted by molar-refractivity contribution is -0.128. The Morgan fingerprint density at radius 1 is 0.931 bits per heavy atom. The van der Waals surface area contributed by atoms with Crippen LogP contribution in [0.3, 0.4) is 0 Å². The number of rotatable bonds is 8. The molecular formula is C23H33IN4O. The van der Waals surface area contributed by atoms with Gasteiger partial charge >= 0.3 is 0 Å². The highest BCUT2D eigenvalue weighted by molar-refractivity contribution is 14.0. The molecule has 0 fully saturated rings. The number of benzene rings is 2. The Kier molecular flexibility index (Phi) is 10.7. The van der Waals surface area contributed by atoms with Crippen LogP contribution in [0.25, 0.3) is 0 Å². The molecule has 0 heterocycles. The summed E-state index contributed by atoms with van der Waals surface area (Å²) in [6.45, 7) is 7.61. The summed E-state index contributed by atoms with van der Waals surface area (Å²) in [6.07, 6.45) is 0. The zero-order valence-corrected chi connectivity index (χ0v) is 20.1. The van der Waals surface area contributed by atoms with Gasteiger partial charge in [-0.2, -0.15) is 0 Å². The van der Waals surface area contributed by atoms with Crippen molar-refractivity contribution in [1.82, 2.24) is 16.0 Å². The van der Waals surface area contributed by atoms with E-state index in [-0.39, 0.29) is 35.8 Å². The van der Waals surface area contributed by atoms with Crippen molar-refractivity contribution in [3.63, 3.8) is 0 Å². The highest BCUT2D eigenvalue weighted by atomic mass is 127. The number of carbonyl (C=O) groups is 1. The van der Waals surface area contributed by atoms with Crippen molar-refractivity contribution in [1.29, 1.82) is 0 Å². The molecule has 2 aromatic carbocycles. The monoisotopic (exact) mass is 508 g/mol. The minimum Gasteiger partial charge on any atom is -0.356 e. The minimum absolute atomic E-state index is 0. The van der Waals surface area contributed by atoms with E-state index in [1.165, 1.54) is 11.1 Å². The number of nitrogens with one attached hydrogen (secondary N) is 3. The van der Waals surface area contributed by atoms with E-state index in [1.807, 2.05) is 32.9 Å². The Morgan fingerprint density at radius 2 is 1.45 bits per heavy atom. The van der Waals surface area contributed by atoms with E-state index in [9.17, 15) is 4.79 Å². The molecule has 0 unspecified atom stereocenters. The van der Waals surface area contributed by atoms with Crippen LogP contribution in [0.1, 0.15) is 37.8 Å². The van der Waals surface area contributed by atoms with Crippen LogP contribution in [0.4, 0.5) is 0 Å². The van der Waals surface area contributed by atoms with Gasteiger partial charge in [-0.1, -0.05) is 60.7 Å². The van der Waals surface area contributed by atoms with Crippen LogP contribution in [-0.2, 0) is 4.79 Å². The summed E-state index contributed by atoms with van der Waals surface area (Å²) in [5, 5.41) is 9.58. The molecule has 6 heteroatoms. The largest absolute Gasteiger partial charge is 0.356 e. The van der Waals surface area contributed by atoms with Gasteiger partial charge in [0.1, 0.15) is 0 Å². The summed E-state index contributed by atoms with van der Waals surface area (Å²) < 4.78 is 0. The summed E-state index contributed by atoms with van der Waals surface area (Å²) in [6, 6.07) is 20.9. The first-order valence-corrected chi connectivity index (χ1v) is 9.80. The van der Waals surface area contributed by atoms with Gasteiger partial charge < -0.3 is 16.0 Å². The summed E-state index contributed by atoms with van der Waals surface area (Å²) >= 11 is 0. The van der Waals surface area contributed by atoms with Crippen molar-refractivity contribution >= 4 is 35.8 Å². The molecule has 0 radical (unpaired) electrons. The smallest absolute Gasteiger partial charge is 0.227 e. The zero-order chi connectivity index (χ0) is 20.4. The summed E-state index contributed by atoms with van der Waals surface area (Å²) in [4.78, 5) is 16.5. The summed E-state index contributed by atoms with van der Waals surface area (Å²) in [5.74, 6) is 0.927. The molecule has 0 atom stereocenters. The van der Waals surface area contributed by atoms with E-state index in [0.717, 1.165) is 0 Å². The fraction of sp³-hybridized carbons (Fsp3) is 0.391. The molecule has 2 aromatic rings. The maximum atomic E-state index is 12.2. The second-order valence-corrected chi connectivity index (χ2v) is 7.42. The second kappa shape index (κ2) is 12.5. The van der Waals surface area contributed by atoms with E-state index < -0.39 is 5.41 Å². The third-order valence-corrected chi connectivity index (χ3v) is 4.75. The van der Waals surface area contributed by atoms with Gasteiger partial charge in [0, 0.05) is 32.6 Å². The lowest BCUT2D eigenvalue weighted by Crippen LogP contribution is -2.48. The lowest BCUT2D eigenvalue weighted by Gasteiger charge is -2.26. The van der Waals surface area contributed by atoms with Crippen molar-refractivity contribution < 1.29 is 4.79 Å². The molecule has 0 aliphatic rings. The van der Waals surface area contributed by atoms with Crippen molar-refractivity contribution in [3.8, 4) is 0 Å². The molecule has 1 amide bonds. The fourth-order valence-corrected chi connectivity index (χ4v) is 3.00. The van der Waals surface area contributed by atoms with Crippen LogP contribution in [0.5, 0.6) is 0 Å². The SMILES string of the molecule is CCNC(=O)C(C)(C)CNC(=NC)NCC(c1ccccc1)c1ccccc1.I. The minimum atomic E-state index is -0.522. The molecule has 0 saturated heterocycles. The van der Waals surface area contributed by atoms with Crippen LogP contribution < -0.4 is 16.0 Å². The highest BCUT2D eigenvalue weighted by Gasteiger charge is 2.27. The normalized spacial score (nSPS) is 11.6. The van der Waals surface area contributed by atoms with Crippen LogP contribution >= 0.6 is 24.0 Å². The highest BCUT2D eigenvalue weighted by Crippen LogP contribution is 2.23. The molecule has 2 rings (SSSR count). The first-order valence-electron chi connectivity index (χ1n) is 9.80. The quantitative estimate of drug-likeness (QED) is 0.289. The summed E-state index contributed by atoms with van der Waals surface area (Å²) in [5.41, 5.74) is 1.98. The fourth-order valence-electron chi connectivity index (χ4n) is 3.00. The van der Waals surface area contributed by atoms with E-state index in [4.69, 9.17) is 0 Å². The number of hydrogen-bond donors (Lipinski definition) is 3. The lowest BCUT2D eigenvalue weighted by atomic mass is 9.91. The molecule has 0 bridgehead atoms. The molecule has 0 spiro atoms.